The second kappa shape index (κ2) is 12.3. The number of halogens is 2. The minimum atomic E-state index is -0.264. The molecule has 7 heteroatoms. The number of carbonyl (C=O) groups excluding carboxylic acids is 1. The van der Waals surface area contributed by atoms with Gasteiger partial charge in [-0.25, -0.2) is 4.79 Å². The minimum absolute atomic E-state index is 0.264. The third kappa shape index (κ3) is 6.94. The number of benzene rings is 4. The number of rotatable bonds is 9. The predicted molar refractivity (Wildman–Crippen MR) is 145 cm³/mol. The summed E-state index contributed by atoms with van der Waals surface area (Å²) in [6, 6.07) is 30.2. The lowest BCUT2D eigenvalue weighted by atomic mass is 10.1. The van der Waals surface area contributed by atoms with E-state index >= 15 is 0 Å². The molecule has 0 fully saturated rings. The van der Waals surface area contributed by atoms with Gasteiger partial charge in [-0.15, -0.1) is 0 Å². The van der Waals surface area contributed by atoms with Crippen LogP contribution in [-0.4, -0.2) is 18.0 Å². The van der Waals surface area contributed by atoms with Crippen LogP contribution in [0.25, 0.3) is 0 Å². The average Bonchev–Trinajstić information content (AvgIpc) is 2.90. The smallest absolute Gasteiger partial charge is 0.322 e. The van der Waals surface area contributed by atoms with Gasteiger partial charge in [0.15, 0.2) is 11.5 Å². The second-order valence-corrected chi connectivity index (χ2v) is 8.97. The monoisotopic (exact) mass is 520 g/mol. The molecule has 0 radical (unpaired) electrons. The zero-order chi connectivity index (χ0) is 25.3. The number of nitrogens with zero attached hydrogens (tertiary/aromatic N) is 1. The number of nitrogens with one attached hydrogen (secondary N) is 1. The van der Waals surface area contributed by atoms with Crippen LogP contribution in [0.1, 0.15) is 16.7 Å². The molecule has 4 aromatic carbocycles. The molecule has 0 atom stereocenters. The average molecular weight is 521 g/mol. The minimum Gasteiger partial charge on any atom is -0.493 e. The number of hydrogen-bond acceptors (Lipinski definition) is 3. The van der Waals surface area contributed by atoms with Gasteiger partial charge in [-0.2, -0.15) is 0 Å². The summed E-state index contributed by atoms with van der Waals surface area (Å²) in [4.78, 5) is 15.0. The fourth-order valence-corrected chi connectivity index (χ4v) is 3.97. The molecule has 4 aromatic rings. The van der Waals surface area contributed by atoms with E-state index in [1.165, 1.54) is 0 Å². The van der Waals surface area contributed by atoms with E-state index in [0.29, 0.717) is 46.9 Å². The van der Waals surface area contributed by atoms with Crippen LogP contribution in [-0.2, 0) is 19.7 Å². The van der Waals surface area contributed by atoms with Gasteiger partial charge in [0.2, 0.25) is 0 Å². The highest BCUT2D eigenvalue weighted by Gasteiger charge is 2.17. The third-order valence-corrected chi connectivity index (χ3v) is 6.25. The highest BCUT2D eigenvalue weighted by molar-refractivity contribution is 6.42. The van der Waals surface area contributed by atoms with Gasteiger partial charge in [0.25, 0.3) is 0 Å². The Balaban J connectivity index is 1.55. The Kier molecular flexibility index (Phi) is 8.71. The third-order valence-electron chi connectivity index (χ3n) is 5.51. The van der Waals surface area contributed by atoms with Gasteiger partial charge in [-0.05, 0) is 47.0 Å². The van der Waals surface area contributed by atoms with Crippen LogP contribution >= 0.6 is 23.2 Å². The van der Waals surface area contributed by atoms with Crippen molar-refractivity contribution in [2.24, 2.45) is 0 Å². The van der Waals surface area contributed by atoms with Gasteiger partial charge < -0.3 is 19.7 Å². The number of methoxy groups -OCH3 is 1. The molecular formula is C29H26Cl2N2O3. The Morgan fingerprint density at radius 3 is 2.08 bits per heavy atom. The topological polar surface area (TPSA) is 50.8 Å². The number of urea groups is 1. The van der Waals surface area contributed by atoms with Crippen molar-refractivity contribution in [2.75, 3.05) is 12.4 Å². The Morgan fingerprint density at radius 1 is 0.750 bits per heavy atom. The standard InChI is InChI=1S/C29H26Cl2N2O3/c1-35-27-15-12-23(16-28(27)36-20-22-10-6-3-7-11-22)19-33(18-21-8-4-2-5-9-21)29(34)32-24-13-14-25(30)26(31)17-24/h2-17H,18-20H2,1H3,(H,32,34). The van der Waals surface area contributed by atoms with E-state index in [2.05, 4.69) is 5.32 Å². The SMILES string of the molecule is COc1ccc(CN(Cc2ccccc2)C(=O)Nc2ccc(Cl)c(Cl)c2)cc1OCc1ccccc1. The van der Waals surface area contributed by atoms with Crippen LogP contribution in [0.2, 0.25) is 10.0 Å². The second-order valence-electron chi connectivity index (χ2n) is 8.16. The van der Waals surface area contributed by atoms with Crippen LogP contribution in [0.5, 0.6) is 11.5 Å². The van der Waals surface area contributed by atoms with Gasteiger partial charge in [0, 0.05) is 18.8 Å². The molecule has 4 rings (SSSR count). The molecule has 2 amide bonds. The molecule has 5 nitrogen and oxygen atoms in total. The largest absolute Gasteiger partial charge is 0.493 e. The Bertz CT molecular complexity index is 1300. The van der Waals surface area contributed by atoms with Crippen LogP contribution in [0.4, 0.5) is 10.5 Å². The summed E-state index contributed by atoms with van der Waals surface area (Å²) in [6.45, 7) is 1.18. The van der Waals surface area contributed by atoms with Gasteiger partial charge in [-0.3, -0.25) is 0 Å². The lowest BCUT2D eigenvalue weighted by molar-refractivity contribution is 0.206. The normalized spacial score (nSPS) is 10.5. The first-order valence-electron chi connectivity index (χ1n) is 11.4. The van der Waals surface area contributed by atoms with Crippen molar-refractivity contribution in [3.05, 3.63) is 124 Å². The van der Waals surface area contributed by atoms with Crippen LogP contribution in [0.3, 0.4) is 0 Å². The molecule has 0 heterocycles. The molecule has 0 unspecified atom stereocenters. The van der Waals surface area contributed by atoms with Crippen molar-refractivity contribution in [1.82, 2.24) is 4.90 Å². The van der Waals surface area contributed by atoms with E-state index in [-0.39, 0.29) is 6.03 Å². The van der Waals surface area contributed by atoms with Crippen molar-refractivity contribution in [3.8, 4) is 11.5 Å². The number of hydrogen-bond donors (Lipinski definition) is 1. The molecular weight excluding hydrogens is 495 g/mol. The zero-order valence-corrected chi connectivity index (χ0v) is 21.3. The molecule has 1 N–H and O–H groups in total. The van der Waals surface area contributed by atoms with Crippen molar-refractivity contribution < 1.29 is 14.3 Å². The maximum absolute atomic E-state index is 13.3. The lowest BCUT2D eigenvalue weighted by Gasteiger charge is -2.24. The molecule has 0 saturated heterocycles. The van der Waals surface area contributed by atoms with Crippen molar-refractivity contribution in [2.45, 2.75) is 19.7 Å². The maximum Gasteiger partial charge on any atom is 0.322 e. The van der Waals surface area contributed by atoms with E-state index in [0.717, 1.165) is 16.7 Å². The van der Waals surface area contributed by atoms with Gasteiger partial charge in [0.05, 0.1) is 17.2 Å². The molecule has 0 bridgehead atoms. The van der Waals surface area contributed by atoms with E-state index < -0.39 is 0 Å². The Morgan fingerprint density at radius 2 is 1.42 bits per heavy atom. The summed E-state index contributed by atoms with van der Waals surface area (Å²) >= 11 is 12.2. The number of anilines is 1. The molecule has 0 aliphatic carbocycles. The first-order chi connectivity index (χ1) is 17.5. The molecule has 0 saturated carbocycles. The summed E-state index contributed by atoms with van der Waals surface area (Å²) in [6.07, 6.45) is 0. The van der Waals surface area contributed by atoms with E-state index in [4.69, 9.17) is 32.7 Å². The quantitative estimate of drug-likeness (QED) is 0.244. The van der Waals surface area contributed by atoms with Crippen molar-refractivity contribution in [1.29, 1.82) is 0 Å². The lowest BCUT2D eigenvalue weighted by Crippen LogP contribution is -2.34. The van der Waals surface area contributed by atoms with Crippen LogP contribution in [0.15, 0.2) is 97.1 Å². The number of carbonyl (C=O) groups is 1. The summed E-state index contributed by atoms with van der Waals surface area (Å²) in [5.41, 5.74) is 3.53. The highest BCUT2D eigenvalue weighted by atomic mass is 35.5. The maximum atomic E-state index is 13.3. The van der Waals surface area contributed by atoms with Gasteiger partial charge in [0.1, 0.15) is 6.61 Å². The Hall–Kier alpha value is -3.67. The highest BCUT2D eigenvalue weighted by Crippen LogP contribution is 2.30. The zero-order valence-electron chi connectivity index (χ0n) is 19.8. The summed E-state index contributed by atoms with van der Waals surface area (Å²) in [5, 5.41) is 3.72. The van der Waals surface area contributed by atoms with E-state index in [9.17, 15) is 4.79 Å². The van der Waals surface area contributed by atoms with Crippen molar-refractivity contribution >= 4 is 34.9 Å². The molecule has 0 spiro atoms. The summed E-state index contributed by atoms with van der Waals surface area (Å²) in [5.74, 6) is 1.24. The van der Waals surface area contributed by atoms with E-state index in [1.807, 2.05) is 78.9 Å². The van der Waals surface area contributed by atoms with Gasteiger partial charge >= 0.3 is 6.03 Å². The molecule has 0 aliphatic heterocycles. The predicted octanol–water partition coefficient (Wildman–Crippen LogP) is 7.82. The summed E-state index contributed by atoms with van der Waals surface area (Å²) < 4.78 is 11.6. The van der Waals surface area contributed by atoms with Crippen LogP contribution < -0.4 is 14.8 Å². The Labute approximate surface area is 221 Å². The fourth-order valence-electron chi connectivity index (χ4n) is 3.67. The fraction of sp³-hybridized carbons (Fsp3) is 0.138. The molecule has 184 valence electrons. The van der Waals surface area contributed by atoms with E-state index in [1.54, 1.807) is 30.2 Å². The van der Waals surface area contributed by atoms with Gasteiger partial charge in [-0.1, -0.05) is 89.9 Å². The molecule has 36 heavy (non-hydrogen) atoms. The first kappa shape index (κ1) is 25.4. The first-order valence-corrected chi connectivity index (χ1v) is 12.2. The van der Waals surface area contributed by atoms with Crippen LogP contribution in [0, 0.1) is 0 Å². The molecule has 0 aromatic heterocycles. The number of amides is 2. The number of ether oxygens (including phenoxy) is 2. The van der Waals surface area contributed by atoms with Crippen molar-refractivity contribution in [3.63, 3.8) is 0 Å². The molecule has 0 aliphatic rings. The summed E-state index contributed by atoms with van der Waals surface area (Å²) in [7, 11) is 1.61.